The Balaban J connectivity index is 1.51. The summed E-state index contributed by atoms with van der Waals surface area (Å²) in [5.74, 6) is -2.24. The van der Waals surface area contributed by atoms with E-state index in [4.69, 9.17) is 20.2 Å². The maximum atomic E-state index is 14.3. The molecule has 172 valence electrons. The van der Waals surface area contributed by atoms with E-state index in [1.807, 2.05) is 53.1 Å². The number of pyridine rings is 2. The van der Waals surface area contributed by atoms with Gasteiger partial charge in [-0.1, -0.05) is 18.2 Å². The number of hydrogen-bond donors (Lipinski definition) is 1. The molecule has 4 aromatic rings. The molecule has 1 atom stereocenters. The SMILES string of the molecule is COCCOc1ccn2c(-c3ccc4cccc(N5CCC(N)C(F)(F)C5)c4n3)cnc2c1. The van der Waals surface area contributed by atoms with Crippen molar-refractivity contribution in [2.75, 3.05) is 38.3 Å². The Bertz CT molecular complexity index is 1290. The summed E-state index contributed by atoms with van der Waals surface area (Å²) in [6.07, 6.45) is 3.86. The molecule has 1 saturated heterocycles. The molecule has 0 aliphatic carbocycles. The van der Waals surface area contributed by atoms with E-state index in [2.05, 4.69) is 4.98 Å². The Morgan fingerprint density at radius 2 is 2.06 bits per heavy atom. The minimum atomic E-state index is -2.94. The normalized spacial score (nSPS) is 18.2. The van der Waals surface area contributed by atoms with Crippen molar-refractivity contribution in [2.45, 2.75) is 18.4 Å². The van der Waals surface area contributed by atoms with Gasteiger partial charge in [0.1, 0.15) is 18.0 Å². The van der Waals surface area contributed by atoms with Crippen molar-refractivity contribution >= 4 is 22.2 Å². The molecule has 7 nitrogen and oxygen atoms in total. The molecule has 4 heterocycles. The lowest BCUT2D eigenvalue weighted by atomic mass is 10.0. The molecule has 0 spiro atoms. The summed E-state index contributed by atoms with van der Waals surface area (Å²) in [5, 5.41) is 0.886. The molecular weight excluding hydrogens is 428 g/mol. The number of imidazole rings is 1. The standard InChI is InChI=1S/C24H25F2N5O2/c1-32-11-12-33-17-7-10-31-20(14-28-22(31)13-17)18-6-5-16-3-2-4-19(23(16)29-18)30-9-8-21(27)24(25,26)15-30/h2-7,10,13-14,21H,8-9,11-12,15,27H2,1H3. The number of fused-ring (bicyclic) bond motifs is 2. The third kappa shape index (κ3) is 4.09. The number of halogens is 2. The average molecular weight is 453 g/mol. The smallest absolute Gasteiger partial charge is 0.280 e. The van der Waals surface area contributed by atoms with Crippen LogP contribution in [0.25, 0.3) is 27.9 Å². The van der Waals surface area contributed by atoms with Gasteiger partial charge in [-0.25, -0.2) is 18.7 Å². The fourth-order valence-electron chi connectivity index (χ4n) is 4.18. The van der Waals surface area contributed by atoms with Crippen molar-refractivity contribution in [1.29, 1.82) is 0 Å². The van der Waals surface area contributed by atoms with Crippen molar-refractivity contribution < 1.29 is 18.3 Å². The maximum absolute atomic E-state index is 14.3. The topological polar surface area (TPSA) is 77.9 Å². The summed E-state index contributed by atoms with van der Waals surface area (Å²) in [4.78, 5) is 11.0. The lowest BCUT2D eigenvalue weighted by Gasteiger charge is -2.38. The van der Waals surface area contributed by atoms with E-state index in [0.29, 0.717) is 42.4 Å². The number of ether oxygens (including phenoxy) is 2. The predicted molar refractivity (Wildman–Crippen MR) is 123 cm³/mol. The van der Waals surface area contributed by atoms with E-state index < -0.39 is 18.5 Å². The number of benzene rings is 1. The molecular formula is C24H25F2N5O2. The zero-order valence-corrected chi connectivity index (χ0v) is 18.2. The van der Waals surface area contributed by atoms with Crippen molar-refractivity contribution in [3.05, 3.63) is 54.9 Å². The molecule has 9 heteroatoms. The van der Waals surface area contributed by atoms with Crippen LogP contribution in [0.5, 0.6) is 5.75 Å². The number of hydrogen-bond acceptors (Lipinski definition) is 6. The third-order valence-corrected chi connectivity index (χ3v) is 6.00. The molecule has 0 saturated carbocycles. The van der Waals surface area contributed by atoms with Gasteiger partial charge in [-0.2, -0.15) is 0 Å². The summed E-state index contributed by atoms with van der Waals surface area (Å²) >= 11 is 0. The minimum absolute atomic E-state index is 0.227. The maximum Gasteiger partial charge on any atom is 0.280 e. The highest BCUT2D eigenvalue weighted by Gasteiger charge is 2.42. The van der Waals surface area contributed by atoms with Crippen LogP contribution in [0.2, 0.25) is 0 Å². The van der Waals surface area contributed by atoms with Gasteiger partial charge >= 0.3 is 0 Å². The molecule has 1 fully saturated rings. The molecule has 33 heavy (non-hydrogen) atoms. The van der Waals surface area contributed by atoms with E-state index in [1.165, 1.54) is 0 Å². The second kappa shape index (κ2) is 8.57. The zero-order valence-electron chi connectivity index (χ0n) is 18.2. The van der Waals surface area contributed by atoms with E-state index in [9.17, 15) is 8.78 Å². The summed E-state index contributed by atoms with van der Waals surface area (Å²) < 4.78 is 41.3. The Morgan fingerprint density at radius 1 is 1.18 bits per heavy atom. The monoisotopic (exact) mass is 453 g/mol. The van der Waals surface area contributed by atoms with Gasteiger partial charge in [0.15, 0.2) is 0 Å². The quantitative estimate of drug-likeness (QED) is 0.448. The van der Waals surface area contributed by atoms with Crippen LogP contribution in [0.3, 0.4) is 0 Å². The molecule has 2 N–H and O–H groups in total. The van der Waals surface area contributed by atoms with Crippen LogP contribution in [0.4, 0.5) is 14.5 Å². The largest absolute Gasteiger partial charge is 0.491 e. The van der Waals surface area contributed by atoms with Crippen molar-refractivity contribution in [1.82, 2.24) is 14.4 Å². The third-order valence-electron chi connectivity index (χ3n) is 6.00. The Labute approximate surface area is 189 Å². The molecule has 1 aliphatic rings. The van der Waals surface area contributed by atoms with Crippen LogP contribution in [0.15, 0.2) is 54.9 Å². The van der Waals surface area contributed by atoms with Gasteiger partial charge in [0, 0.05) is 31.3 Å². The first-order chi connectivity index (χ1) is 16.0. The van der Waals surface area contributed by atoms with E-state index in [-0.39, 0.29) is 6.42 Å². The predicted octanol–water partition coefficient (Wildman–Crippen LogP) is 3.75. The summed E-state index contributed by atoms with van der Waals surface area (Å²) in [6.45, 7) is 1.00. The van der Waals surface area contributed by atoms with Crippen LogP contribution >= 0.6 is 0 Å². The van der Waals surface area contributed by atoms with Crippen molar-refractivity contribution in [2.24, 2.45) is 5.73 Å². The van der Waals surface area contributed by atoms with Gasteiger partial charge in [-0.3, -0.25) is 4.40 Å². The second-order valence-electron chi connectivity index (χ2n) is 8.20. The average Bonchev–Trinajstić information content (AvgIpc) is 3.23. The van der Waals surface area contributed by atoms with Gasteiger partial charge < -0.3 is 20.1 Å². The zero-order chi connectivity index (χ0) is 23.0. The Hall–Kier alpha value is -3.30. The van der Waals surface area contributed by atoms with E-state index in [1.54, 1.807) is 18.2 Å². The van der Waals surface area contributed by atoms with E-state index >= 15 is 0 Å². The highest BCUT2D eigenvalue weighted by atomic mass is 19.3. The van der Waals surface area contributed by atoms with Crippen LogP contribution in [0, 0.1) is 0 Å². The number of methoxy groups -OCH3 is 1. The lowest BCUT2D eigenvalue weighted by Crippen LogP contribution is -2.55. The molecule has 1 aromatic carbocycles. The molecule has 0 radical (unpaired) electrons. The second-order valence-corrected chi connectivity index (χ2v) is 8.20. The molecule has 1 unspecified atom stereocenters. The van der Waals surface area contributed by atoms with Gasteiger partial charge in [0.2, 0.25) is 0 Å². The van der Waals surface area contributed by atoms with E-state index in [0.717, 1.165) is 16.7 Å². The first-order valence-corrected chi connectivity index (χ1v) is 10.8. The lowest BCUT2D eigenvalue weighted by molar-refractivity contribution is -0.0299. The Morgan fingerprint density at radius 3 is 2.88 bits per heavy atom. The first-order valence-electron chi connectivity index (χ1n) is 10.8. The van der Waals surface area contributed by atoms with Gasteiger partial charge in [0.25, 0.3) is 5.92 Å². The molecule has 0 amide bonds. The number of nitrogens with zero attached hydrogens (tertiary/aromatic N) is 4. The number of para-hydroxylation sites is 1. The summed E-state index contributed by atoms with van der Waals surface area (Å²) in [7, 11) is 1.63. The molecule has 0 bridgehead atoms. The fraction of sp³-hybridized carbons (Fsp3) is 0.333. The fourth-order valence-corrected chi connectivity index (χ4v) is 4.18. The van der Waals surface area contributed by atoms with Crippen LogP contribution in [-0.2, 0) is 4.74 Å². The van der Waals surface area contributed by atoms with Crippen molar-refractivity contribution in [3.8, 4) is 17.1 Å². The van der Waals surface area contributed by atoms with Gasteiger partial charge in [-0.15, -0.1) is 0 Å². The summed E-state index contributed by atoms with van der Waals surface area (Å²) in [6, 6.07) is 12.1. The number of rotatable bonds is 6. The highest BCUT2D eigenvalue weighted by molar-refractivity contribution is 5.92. The number of nitrogens with two attached hydrogens (primary N) is 1. The van der Waals surface area contributed by atoms with Gasteiger partial charge in [0.05, 0.1) is 48.0 Å². The van der Waals surface area contributed by atoms with Crippen molar-refractivity contribution in [3.63, 3.8) is 0 Å². The minimum Gasteiger partial charge on any atom is -0.491 e. The van der Waals surface area contributed by atoms with Gasteiger partial charge in [-0.05, 0) is 24.6 Å². The number of anilines is 1. The Kier molecular flexibility index (Phi) is 5.59. The highest BCUT2D eigenvalue weighted by Crippen LogP contribution is 2.34. The molecule has 3 aromatic heterocycles. The van der Waals surface area contributed by atoms with Crippen LogP contribution in [0.1, 0.15) is 6.42 Å². The summed E-state index contributed by atoms with van der Waals surface area (Å²) in [5.41, 5.74) is 9.22. The number of aromatic nitrogens is 3. The first kappa shape index (κ1) is 21.5. The number of alkyl halides is 2. The van der Waals surface area contributed by atoms with Crippen LogP contribution < -0.4 is 15.4 Å². The van der Waals surface area contributed by atoms with Crippen LogP contribution in [-0.4, -0.2) is 59.7 Å². The molecule has 5 rings (SSSR count). The molecule has 1 aliphatic heterocycles. The number of piperidine rings is 1.